The van der Waals surface area contributed by atoms with E-state index < -0.39 is 6.10 Å². The third-order valence-electron chi connectivity index (χ3n) is 2.78. The Morgan fingerprint density at radius 1 is 1.37 bits per heavy atom. The number of carbonyl (C=O) groups is 1. The summed E-state index contributed by atoms with van der Waals surface area (Å²) in [6.45, 7) is 3.59. The monoisotopic (exact) mass is 275 g/mol. The van der Waals surface area contributed by atoms with Crippen LogP contribution in [0.3, 0.4) is 0 Å². The molecule has 0 radical (unpaired) electrons. The molecule has 2 rings (SSSR count). The molecular formula is C15H14ClNO2. The van der Waals surface area contributed by atoms with Crippen LogP contribution in [0.2, 0.25) is 5.02 Å². The highest BCUT2D eigenvalue weighted by Crippen LogP contribution is 2.19. The molecule has 0 amide bonds. The minimum Gasteiger partial charge on any atom is -0.483 e. The molecule has 0 fully saturated rings. The molecule has 0 aliphatic heterocycles. The molecule has 4 heteroatoms. The smallest absolute Gasteiger partial charge is 0.204 e. The van der Waals surface area contributed by atoms with Crippen molar-refractivity contribution in [1.82, 2.24) is 4.98 Å². The summed E-state index contributed by atoms with van der Waals surface area (Å²) < 4.78 is 5.60. The van der Waals surface area contributed by atoms with Crippen molar-refractivity contribution >= 4 is 17.4 Å². The fourth-order valence-electron chi connectivity index (χ4n) is 1.74. The SMILES string of the molecule is Cc1ccncc1C(=O)C(C)Oc1cccc(Cl)c1. The second-order valence-corrected chi connectivity index (χ2v) is 4.71. The van der Waals surface area contributed by atoms with Crippen LogP contribution in [0.25, 0.3) is 0 Å². The molecule has 98 valence electrons. The molecule has 0 aliphatic carbocycles. The number of aryl methyl sites for hydroxylation is 1. The molecule has 1 unspecified atom stereocenters. The second kappa shape index (κ2) is 5.85. The maximum absolute atomic E-state index is 12.3. The maximum atomic E-state index is 12.3. The zero-order valence-corrected chi connectivity index (χ0v) is 11.5. The lowest BCUT2D eigenvalue weighted by Crippen LogP contribution is -2.24. The van der Waals surface area contributed by atoms with Crippen LogP contribution in [0.5, 0.6) is 5.75 Å². The molecular weight excluding hydrogens is 262 g/mol. The van der Waals surface area contributed by atoms with Crippen molar-refractivity contribution < 1.29 is 9.53 Å². The molecule has 1 heterocycles. The Morgan fingerprint density at radius 3 is 2.84 bits per heavy atom. The summed E-state index contributed by atoms with van der Waals surface area (Å²) in [4.78, 5) is 16.2. The summed E-state index contributed by atoms with van der Waals surface area (Å²) in [5.41, 5.74) is 1.47. The Bertz CT molecular complexity index is 598. The number of hydrogen-bond acceptors (Lipinski definition) is 3. The van der Waals surface area contributed by atoms with Crippen molar-refractivity contribution in [3.05, 3.63) is 58.9 Å². The molecule has 2 aromatic rings. The van der Waals surface area contributed by atoms with E-state index >= 15 is 0 Å². The van der Waals surface area contributed by atoms with Gasteiger partial charge in [0.2, 0.25) is 5.78 Å². The molecule has 0 N–H and O–H groups in total. The predicted octanol–water partition coefficient (Wildman–Crippen LogP) is 3.69. The molecule has 0 aliphatic rings. The minimum absolute atomic E-state index is 0.0921. The van der Waals surface area contributed by atoms with Crippen molar-refractivity contribution in [2.75, 3.05) is 0 Å². The zero-order valence-electron chi connectivity index (χ0n) is 10.8. The van der Waals surface area contributed by atoms with Gasteiger partial charge >= 0.3 is 0 Å². The van der Waals surface area contributed by atoms with Gasteiger partial charge in [-0.25, -0.2) is 0 Å². The highest BCUT2D eigenvalue weighted by atomic mass is 35.5. The average molecular weight is 276 g/mol. The first-order valence-corrected chi connectivity index (χ1v) is 6.33. The summed E-state index contributed by atoms with van der Waals surface area (Å²) >= 11 is 5.88. The van der Waals surface area contributed by atoms with E-state index in [0.29, 0.717) is 16.3 Å². The lowest BCUT2D eigenvalue weighted by molar-refractivity contribution is 0.0817. The van der Waals surface area contributed by atoms with E-state index in [1.165, 1.54) is 0 Å². The third kappa shape index (κ3) is 3.32. The first-order chi connectivity index (χ1) is 9.08. The predicted molar refractivity (Wildman–Crippen MR) is 74.8 cm³/mol. The molecule has 0 saturated heterocycles. The fraction of sp³-hybridized carbons (Fsp3) is 0.200. The summed E-state index contributed by atoms with van der Waals surface area (Å²) in [5, 5.41) is 0.578. The number of Topliss-reactive ketones (excluding diaryl/α,β-unsaturated/α-hetero) is 1. The average Bonchev–Trinajstić information content (AvgIpc) is 2.38. The van der Waals surface area contributed by atoms with E-state index in [1.807, 2.05) is 6.92 Å². The van der Waals surface area contributed by atoms with Gasteiger partial charge in [-0.15, -0.1) is 0 Å². The number of nitrogens with zero attached hydrogens (tertiary/aromatic N) is 1. The second-order valence-electron chi connectivity index (χ2n) is 4.27. The van der Waals surface area contributed by atoms with Gasteiger partial charge in [0.15, 0.2) is 6.10 Å². The summed E-state index contributed by atoms with van der Waals surface area (Å²) in [7, 11) is 0. The normalized spacial score (nSPS) is 11.9. The Balaban J connectivity index is 2.14. The van der Waals surface area contributed by atoms with Crippen molar-refractivity contribution in [3.8, 4) is 5.75 Å². The van der Waals surface area contributed by atoms with Crippen molar-refractivity contribution in [2.24, 2.45) is 0 Å². The van der Waals surface area contributed by atoms with Gasteiger partial charge < -0.3 is 4.74 Å². The third-order valence-corrected chi connectivity index (χ3v) is 3.02. The van der Waals surface area contributed by atoms with Crippen LogP contribution in [0.4, 0.5) is 0 Å². The number of halogens is 1. The fourth-order valence-corrected chi connectivity index (χ4v) is 1.92. The van der Waals surface area contributed by atoms with Gasteiger partial charge in [-0.3, -0.25) is 9.78 Å². The van der Waals surface area contributed by atoms with Gasteiger partial charge in [-0.1, -0.05) is 17.7 Å². The first kappa shape index (κ1) is 13.6. The topological polar surface area (TPSA) is 39.2 Å². The number of carbonyl (C=O) groups excluding carboxylic acids is 1. The van der Waals surface area contributed by atoms with Gasteiger partial charge in [0.05, 0.1) is 0 Å². The molecule has 19 heavy (non-hydrogen) atoms. The molecule has 1 atom stereocenters. The number of hydrogen-bond donors (Lipinski definition) is 0. The lowest BCUT2D eigenvalue weighted by atomic mass is 10.0. The van der Waals surface area contributed by atoms with E-state index in [2.05, 4.69) is 4.98 Å². The number of rotatable bonds is 4. The number of pyridine rings is 1. The Hall–Kier alpha value is -1.87. The highest BCUT2D eigenvalue weighted by Gasteiger charge is 2.18. The van der Waals surface area contributed by atoms with E-state index in [1.54, 1.807) is 49.6 Å². The van der Waals surface area contributed by atoms with E-state index in [-0.39, 0.29) is 5.78 Å². The van der Waals surface area contributed by atoms with E-state index in [9.17, 15) is 4.79 Å². The maximum Gasteiger partial charge on any atom is 0.204 e. The van der Waals surface area contributed by atoms with Crippen LogP contribution in [0, 0.1) is 6.92 Å². The van der Waals surface area contributed by atoms with Gasteiger partial charge in [-0.05, 0) is 43.7 Å². The van der Waals surface area contributed by atoms with Crippen LogP contribution in [-0.2, 0) is 0 Å². The van der Waals surface area contributed by atoms with Gasteiger partial charge in [0, 0.05) is 23.0 Å². The van der Waals surface area contributed by atoms with E-state index in [4.69, 9.17) is 16.3 Å². The number of aromatic nitrogens is 1. The minimum atomic E-state index is -0.582. The summed E-state index contributed by atoms with van der Waals surface area (Å²) in [6, 6.07) is 8.79. The molecule has 0 saturated carbocycles. The van der Waals surface area contributed by atoms with Crippen molar-refractivity contribution in [3.63, 3.8) is 0 Å². The Labute approximate surface area is 117 Å². The zero-order chi connectivity index (χ0) is 13.8. The molecule has 1 aromatic carbocycles. The first-order valence-electron chi connectivity index (χ1n) is 5.95. The van der Waals surface area contributed by atoms with Crippen LogP contribution in [0.15, 0.2) is 42.7 Å². The quantitative estimate of drug-likeness (QED) is 0.799. The van der Waals surface area contributed by atoms with E-state index in [0.717, 1.165) is 5.56 Å². The van der Waals surface area contributed by atoms with Crippen molar-refractivity contribution in [2.45, 2.75) is 20.0 Å². The molecule has 0 spiro atoms. The number of ether oxygens (including phenoxy) is 1. The summed E-state index contributed by atoms with van der Waals surface area (Å²) in [6.07, 6.45) is 2.64. The highest BCUT2D eigenvalue weighted by molar-refractivity contribution is 6.30. The van der Waals surface area contributed by atoms with Gasteiger partial charge in [-0.2, -0.15) is 0 Å². The van der Waals surface area contributed by atoms with Crippen LogP contribution in [-0.4, -0.2) is 16.9 Å². The van der Waals surface area contributed by atoms with Gasteiger partial charge in [0.25, 0.3) is 0 Å². The number of benzene rings is 1. The molecule has 3 nitrogen and oxygen atoms in total. The van der Waals surface area contributed by atoms with Crippen LogP contribution >= 0.6 is 11.6 Å². The Morgan fingerprint density at radius 2 is 2.16 bits per heavy atom. The molecule has 0 bridgehead atoms. The Kier molecular flexibility index (Phi) is 4.17. The van der Waals surface area contributed by atoms with Crippen LogP contribution in [0.1, 0.15) is 22.8 Å². The standard InChI is InChI=1S/C15H14ClNO2/c1-10-6-7-17-9-14(10)15(18)11(2)19-13-5-3-4-12(16)8-13/h3-9,11H,1-2H3. The molecule has 1 aromatic heterocycles. The largest absolute Gasteiger partial charge is 0.483 e. The van der Waals surface area contributed by atoms with Gasteiger partial charge in [0.1, 0.15) is 5.75 Å². The summed E-state index contributed by atoms with van der Waals surface area (Å²) in [5.74, 6) is 0.487. The lowest BCUT2D eigenvalue weighted by Gasteiger charge is -2.14. The van der Waals surface area contributed by atoms with Crippen molar-refractivity contribution in [1.29, 1.82) is 0 Å². The number of ketones is 1. The van der Waals surface area contributed by atoms with Crippen LogP contribution < -0.4 is 4.74 Å².